The summed E-state index contributed by atoms with van der Waals surface area (Å²) < 4.78 is 46.5. The second-order valence-electron chi connectivity index (χ2n) is 10.1. The predicted molar refractivity (Wildman–Crippen MR) is 162 cm³/mol. The van der Waals surface area contributed by atoms with Crippen molar-refractivity contribution < 1.29 is 32.6 Å². The molecule has 2 aliphatic heterocycles. The van der Waals surface area contributed by atoms with Crippen LogP contribution in [0.1, 0.15) is 47.1 Å². The van der Waals surface area contributed by atoms with Gasteiger partial charge in [0.05, 0.1) is 12.2 Å². The molecule has 44 heavy (non-hydrogen) atoms. The Morgan fingerprint density at radius 1 is 1.16 bits per heavy atom. The van der Waals surface area contributed by atoms with E-state index in [-0.39, 0.29) is 24.3 Å². The summed E-state index contributed by atoms with van der Waals surface area (Å²) in [5.74, 6) is -1.68. The number of rotatable bonds is 10. The molecule has 2 atom stereocenters. The molecule has 9 nitrogen and oxygen atoms in total. The summed E-state index contributed by atoms with van der Waals surface area (Å²) in [6, 6.07) is 7.80. The normalized spacial score (nSPS) is 18.6. The maximum atomic E-state index is 14.0. The number of hydrogen-bond acceptors (Lipinski definition) is 9. The number of carboxylic acids is 1. The van der Waals surface area contributed by atoms with E-state index in [1.54, 1.807) is 30.2 Å². The van der Waals surface area contributed by atoms with Crippen molar-refractivity contribution in [1.82, 2.24) is 20.1 Å². The first kappa shape index (κ1) is 31.8. The van der Waals surface area contributed by atoms with Gasteiger partial charge in [0.2, 0.25) is 0 Å². The molecular formula is C30H29BrF3N5O4S. The predicted octanol–water partition coefficient (Wildman–Crippen LogP) is 5.33. The molecule has 0 radical (unpaired) electrons. The van der Waals surface area contributed by atoms with Gasteiger partial charge in [0, 0.05) is 60.0 Å². The number of alkyl halides is 2. The van der Waals surface area contributed by atoms with E-state index in [1.807, 2.05) is 5.38 Å². The maximum absolute atomic E-state index is 14.0. The van der Waals surface area contributed by atoms with Crippen molar-refractivity contribution in [2.24, 2.45) is 4.99 Å². The molecule has 3 heterocycles. The number of aliphatic imine (C=N–C) groups is 1. The van der Waals surface area contributed by atoms with Gasteiger partial charge in [-0.15, -0.1) is 11.3 Å². The van der Waals surface area contributed by atoms with Gasteiger partial charge in [-0.2, -0.15) is 0 Å². The molecular weight excluding hydrogens is 663 g/mol. The van der Waals surface area contributed by atoms with Crippen LogP contribution in [0.2, 0.25) is 0 Å². The number of carboxylic acid groups (broad SMARTS) is 1. The monoisotopic (exact) mass is 691 g/mol. The van der Waals surface area contributed by atoms with Gasteiger partial charge in [-0.05, 0) is 36.2 Å². The van der Waals surface area contributed by atoms with Crippen molar-refractivity contribution in [2.75, 3.05) is 39.3 Å². The fraction of sp³-hybridized carbons (Fsp3) is 0.333. The standard InChI is InChI=1S/C30H29BrF3N5O4S/c1-2-43-30(42)23-22(36-27(28-35-8-13-44-28)37-24(23)20-7-6-19(32)15-21(20)31)16-38-9-11-39(12-10-38)25(29(40)41)17-4-3-5-18(14-17)26(33)34/h3-8,13-15,24-26H,2,9-12,16H2,1H3,(H,36,37)(H,40,41). The zero-order valence-electron chi connectivity index (χ0n) is 23.6. The van der Waals surface area contributed by atoms with Crippen LogP contribution in [0.15, 0.2) is 74.8 Å². The van der Waals surface area contributed by atoms with Crippen molar-refractivity contribution in [3.8, 4) is 0 Å². The van der Waals surface area contributed by atoms with E-state index in [1.165, 1.54) is 41.7 Å². The van der Waals surface area contributed by atoms with E-state index in [2.05, 4.69) is 31.1 Å². The van der Waals surface area contributed by atoms with Crippen LogP contribution < -0.4 is 5.32 Å². The molecule has 0 spiro atoms. The average molecular weight is 693 g/mol. The minimum absolute atomic E-state index is 0.137. The highest BCUT2D eigenvalue weighted by molar-refractivity contribution is 9.10. The first-order valence-electron chi connectivity index (χ1n) is 13.8. The third-order valence-electron chi connectivity index (χ3n) is 7.38. The zero-order valence-corrected chi connectivity index (χ0v) is 26.0. The number of nitrogens with zero attached hydrogens (tertiary/aromatic N) is 4. The lowest BCUT2D eigenvalue weighted by atomic mass is 9.95. The number of thiazole rings is 1. The summed E-state index contributed by atoms with van der Waals surface area (Å²) in [4.78, 5) is 38.7. The summed E-state index contributed by atoms with van der Waals surface area (Å²) in [5.41, 5.74) is 1.45. The number of amidine groups is 1. The van der Waals surface area contributed by atoms with Crippen LogP contribution in [0.3, 0.4) is 0 Å². The van der Waals surface area contributed by atoms with Gasteiger partial charge < -0.3 is 15.2 Å². The molecule has 14 heteroatoms. The summed E-state index contributed by atoms with van der Waals surface area (Å²) in [7, 11) is 0. The Kier molecular flexibility index (Phi) is 10.1. The van der Waals surface area contributed by atoms with Gasteiger partial charge in [-0.1, -0.05) is 40.2 Å². The lowest BCUT2D eigenvalue weighted by Crippen LogP contribution is -2.51. The molecule has 0 saturated carbocycles. The van der Waals surface area contributed by atoms with Gasteiger partial charge in [-0.25, -0.2) is 22.9 Å². The SMILES string of the molecule is CCOC(=O)C1=C(CN2CCN(C(C(=O)O)c3cccc(C(F)F)c3)CC2)NC(c2nccs2)=NC1c1ccc(F)cc1Br. The average Bonchev–Trinajstić information content (AvgIpc) is 3.53. The van der Waals surface area contributed by atoms with Crippen LogP contribution in [0, 0.1) is 5.82 Å². The van der Waals surface area contributed by atoms with Crippen molar-refractivity contribution in [1.29, 1.82) is 0 Å². The van der Waals surface area contributed by atoms with E-state index in [9.17, 15) is 27.9 Å². The topological polar surface area (TPSA) is 107 Å². The quantitative estimate of drug-likeness (QED) is 0.275. The fourth-order valence-electron chi connectivity index (χ4n) is 5.34. The van der Waals surface area contributed by atoms with Crippen LogP contribution in [0.4, 0.5) is 13.2 Å². The van der Waals surface area contributed by atoms with Crippen LogP contribution in [0.5, 0.6) is 0 Å². The molecule has 2 N–H and O–H groups in total. The molecule has 3 aromatic rings. The van der Waals surface area contributed by atoms with Gasteiger partial charge in [0.1, 0.15) is 17.9 Å². The number of hydrogen-bond donors (Lipinski definition) is 2. The largest absolute Gasteiger partial charge is 0.480 e. The van der Waals surface area contributed by atoms with Crippen LogP contribution in [0.25, 0.3) is 0 Å². The second kappa shape index (κ2) is 14.0. The van der Waals surface area contributed by atoms with Crippen molar-refractivity contribution >= 4 is 45.0 Å². The molecule has 0 bridgehead atoms. The number of ether oxygens (including phenoxy) is 1. The minimum Gasteiger partial charge on any atom is -0.480 e. The molecule has 2 aromatic carbocycles. The summed E-state index contributed by atoms with van der Waals surface area (Å²) in [6.07, 6.45) is -1.06. The smallest absolute Gasteiger partial charge is 0.338 e. The third-order valence-corrected chi connectivity index (χ3v) is 8.85. The van der Waals surface area contributed by atoms with Gasteiger partial charge in [0.25, 0.3) is 6.43 Å². The summed E-state index contributed by atoms with van der Waals surface area (Å²) in [6.45, 7) is 3.69. The summed E-state index contributed by atoms with van der Waals surface area (Å²) >= 11 is 4.80. The Morgan fingerprint density at radius 3 is 2.55 bits per heavy atom. The molecule has 1 aromatic heterocycles. The highest BCUT2D eigenvalue weighted by atomic mass is 79.9. The van der Waals surface area contributed by atoms with E-state index < -0.39 is 36.3 Å². The van der Waals surface area contributed by atoms with Gasteiger partial charge in [0.15, 0.2) is 10.8 Å². The second-order valence-corrected chi connectivity index (χ2v) is 11.9. The lowest BCUT2D eigenvalue weighted by molar-refractivity contribution is -0.144. The Balaban J connectivity index is 1.43. The van der Waals surface area contributed by atoms with E-state index in [0.29, 0.717) is 58.3 Å². The molecule has 1 fully saturated rings. The Hall–Kier alpha value is -3.59. The first-order valence-corrected chi connectivity index (χ1v) is 15.5. The Morgan fingerprint density at radius 2 is 1.91 bits per heavy atom. The highest BCUT2D eigenvalue weighted by Gasteiger charge is 2.36. The minimum atomic E-state index is -2.71. The number of nitrogens with one attached hydrogen (secondary N) is 1. The number of halogens is 4. The first-order chi connectivity index (χ1) is 21.2. The molecule has 0 amide bonds. The fourth-order valence-corrected chi connectivity index (χ4v) is 6.50. The maximum Gasteiger partial charge on any atom is 0.338 e. The molecule has 0 aliphatic carbocycles. The van der Waals surface area contributed by atoms with Crippen LogP contribution >= 0.6 is 27.3 Å². The lowest BCUT2D eigenvalue weighted by Gasteiger charge is -2.39. The zero-order chi connectivity index (χ0) is 31.4. The number of aliphatic carboxylic acids is 1. The number of aromatic nitrogens is 1. The van der Waals surface area contributed by atoms with Crippen LogP contribution in [-0.2, 0) is 14.3 Å². The third kappa shape index (κ3) is 7.04. The molecule has 2 aliphatic rings. The van der Waals surface area contributed by atoms with Crippen molar-refractivity contribution in [3.05, 3.63) is 97.3 Å². The van der Waals surface area contributed by atoms with Gasteiger partial charge in [-0.3, -0.25) is 19.6 Å². The molecule has 5 rings (SSSR count). The van der Waals surface area contributed by atoms with E-state index in [4.69, 9.17) is 9.73 Å². The van der Waals surface area contributed by atoms with Crippen molar-refractivity contribution in [2.45, 2.75) is 25.4 Å². The van der Waals surface area contributed by atoms with Crippen molar-refractivity contribution in [3.63, 3.8) is 0 Å². The Bertz CT molecular complexity index is 1580. The number of piperazine rings is 1. The summed E-state index contributed by atoms with van der Waals surface area (Å²) in [5, 5.41) is 15.7. The number of carbonyl (C=O) groups is 2. The number of esters is 1. The Labute approximate surface area is 264 Å². The van der Waals surface area contributed by atoms with E-state index >= 15 is 0 Å². The molecule has 1 saturated heterocycles. The number of benzene rings is 2. The van der Waals surface area contributed by atoms with Gasteiger partial charge >= 0.3 is 11.9 Å². The highest BCUT2D eigenvalue weighted by Crippen LogP contribution is 2.37. The molecule has 232 valence electrons. The number of carbonyl (C=O) groups excluding carboxylic acids is 1. The van der Waals surface area contributed by atoms with Crippen LogP contribution in [-0.4, -0.2) is 77.0 Å². The van der Waals surface area contributed by atoms with E-state index in [0.717, 1.165) is 0 Å². The molecule has 2 unspecified atom stereocenters.